The summed E-state index contributed by atoms with van der Waals surface area (Å²) in [5, 5.41) is 16.8. The summed E-state index contributed by atoms with van der Waals surface area (Å²) in [6.45, 7) is 10.5. The van der Waals surface area contributed by atoms with Gasteiger partial charge in [0.05, 0.1) is 24.0 Å². The van der Waals surface area contributed by atoms with Crippen molar-refractivity contribution in [3.8, 4) is 33.4 Å². The summed E-state index contributed by atoms with van der Waals surface area (Å²) < 4.78 is 15.7. The molecule has 2 aromatic heterocycles. The summed E-state index contributed by atoms with van der Waals surface area (Å²) in [7, 11) is 0. The Morgan fingerprint density at radius 3 is 1.79 bits per heavy atom. The number of hydrogen-bond donors (Lipinski definition) is 0. The third-order valence-electron chi connectivity index (χ3n) is 24.1. The number of fused-ring (bicyclic) bond motifs is 19. The molecule has 6 nitrogen and oxygen atoms in total. The lowest BCUT2D eigenvalue weighted by Crippen LogP contribution is -2.35. The molecule has 6 heteroatoms. The Morgan fingerprint density at radius 1 is 0.368 bits per heavy atom. The topological polar surface area (TPSA) is 40.4 Å². The second-order valence-corrected chi connectivity index (χ2v) is 30.2. The van der Waals surface area contributed by atoms with Crippen LogP contribution < -0.4 is 14.7 Å². The van der Waals surface area contributed by atoms with Crippen molar-refractivity contribution in [3.63, 3.8) is 0 Å². The zero-order chi connectivity index (χ0) is 75.1. The van der Waals surface area contributed by atoms with Crippen molar-refractivity contribution in [1.82, 2.24) is 0 Å². The molecule has 20 aromatic rings. The van der Waals surface area contributed by atoms with E-state index >= 15 is 0 Å². The van der Waals surface area contributed by atoms with E-state index in [1.165, 1.54) is 71.3 Å². The predicted octanol–water partition coefficient (Wildman–Crippen LogP) is 29.4. The lowest BCUT2D eigenvalue weighted by atomic mass is 9.83. The molecular formula is C108H68N4O2. The van der Waals surface area contributed by atoms with Crippen molar-refractivity contribution >= 4 is 166 Å². The number of anilines is 6. The number of para-hydroxylation sites is 3. The van der Waals surface area contributed by atoms with Crippen LogP contribution in [0.4, 0.5) is 39.8 Å². The van der Waals surface area contributed by atoms with Gasteiger partial charge >= 0.3 is 0 Å². The van der Waals surface area contributed by atoms with Gasteiger partial charge in [-0.1, -0.05) is 309 Å². The predicted molar refractivity (Wildman–Crippen MR) is 478 cm³/mol. The van der Waals surface area contributed by atoms with E-state index in [1.807, 2.05) is 0 Å². The molecule has 0 radical (unpaired) electrons. The Bertz CT molecular complexity index is 7620. The molecule has 0 saturated heterocycles. The molecule has 18 aromatic carbocycles. The maximum absolute atomic E-state index is 9.40. The van der Waals surface area contributed by atoms with Gasteiger partial charge in [-0.3, -0.25) is 0 Å². The van der Waals surface area contributed by atoms with Crippen LogP contribution in [0.15, 0.2) is 391 Å². The van der Waals surface area contributed by atoms with Gasteiger partial charge in [-0.15, -0.1) is 0 Å². The van der Waals surface area contributed by atoms with Crippen LogP contribution in [0.2, 0.25) is 0 Å². The Hall–Kier alpha value is -15.0. The second kappa shape index (κ2) is 26.1. The summed E-state index contributed by atoms with van der Waals surface area (Å²) in [6, 6.07) is 128. The molecule has 0 saturated carbocycles. The van der Waals surface area contributed by atoms with Crippen LogP contribution in [0.25, 0.3) is 164 Å². The smallest absolute Gasteiger partial charge is 0.230 e. The van der Waals surface area contributed by atoms with Gasteiger partial charge in [-0.05, 0) is 182 Å². The maximum Gasteiger partial charge on any atom is 0.230 e. The molecule has 3 aliphatic rings. The number of benzene rings is 18. The Kier molecular flexibility index (Phi) is 14.8. The van der Waals surface area contributed by atoms with Crippen molar-refractivity contribution < 1.29 is 8.83 Å². The van der Waals surface area contributed by atoms with Crippen LogP contribution in [0, 0.1) is 6.57 Å². The Morgan fingerprint density at radius 2 is 0.982 bits per heavy atom. The molecule has 532 valence electrons. The van der Waals surface area contributed by atoms with E-state index in [2.05, 4.69) is 402 Å². The average molecular weight is 1450 g/mol. The molecule has 2 aliphatic heterocycles. The number of allylic oxidation sites excluding steroid dienone is 2. The molecule has 114 heavy (non-hydrogen) atoms. The van der Waals surface area contributed by atoms with Gasteiger partial charge in [0.25, 0.3) is 0 Å². The van der Waals surface area contributed by atoms with Crippen LogP contribution in [0.5, 0.6) is 0 Å². The minimum atomic E-state index is -0.192. The standard InChI is InChI=1S/C108H68N4O2/c1-109-94-62-75-63-100(111(66-76-60-73-33-12-15-37-80(73)83-39-17-16-38-81(76)83)97-57-56-86(85-40-18-19-42-88(85)97)84-44-23-35-71-32-11-14-36-78(71)84)93-65-91(72-52-50-68(51-53-72)67-26-5-2-6-27-67)103-89-55-54-77(110-59-58-82(70-30-9-4-10-31-70)87-41-20-22-47-96(87)110)64-101(89)113-108(103)105(93)102(75)104-90-45-25-49-99(106(90)114-107(94)104)112-95-46-21-13-34-74(95)61-92-79(43-24-48-98(92)112)69-28-7-3-8-29-69/h2-58,60-65,98H,59,66H2. The molecule has 0 fully saturated rings. The van der Waals surface area contributed by atoms with Gasteiger partial charge in [-0.25, -0.2) is 4.85 Å². The highest BCUT2D eigenvalue weighted by atomic mass is 16.3. The highest BCUT2D eigenvalue weighted by Crippen LogP contribution is 2.56. The van der Waals surface area contributed by atoms with Crippen molar-refractivity contribution in [2.75, 3.05) is 21.2 Å². The fraction of sp³-hybridized carbons (Fsp3) is 0.0278. The molecule has 1 atom stereocenters. The zero-order valence-corrected chi connectivity index (χ0v) is 62.0. The molecule has 0 N–H and O–H groups in total. The number of rotatable bonds is 11. The minimum Gasteiger partial charge on any atom is -0.465 e. The van der Waals surface area contributed by atoms with E-state index in [1.54, 1.807) is 0 Å². The summed E-state index contributed by atoms with van der Waals surface area (Å²) in [5.74, 6) is 0. The SMILES string of the molecule is [C-]#[N+]c1cc2cc(N(Cc3cc4ccccc4c4ccccc34)c3ccc(-c4cccc5ccccc45)c4ccccc34)c3cc(-c4ccc(-c5ccccc5)cc4)c4c5ccc(N6CC=C(c7ccccc7)c7ccccc76)cc5oc4c3c2c2c1oc1c(N3c4ccccc4C=C4C(c5ccccc5)=CC=CC43)cccc12. The lowest BCUT2D eigenvalue weighted by Gasteiger charge is -2.39. The average Bonchev–Trinajstić information content (AvgIpc) is 1.50. The molecule has 1 aliphatic carbocycles. The van der Waals surface area contributed by atoms with Gasteiger partial charge in [-0.2, -0.15) is 0 Å². The van der Waals surface area contributed by atoms with Crippen molar-refractivity contribution in [2.45, 2.75) is 12.6 Å². The Labute approximate surface area is 658 Å². The second-order valence-electron chi connectivity index (χ2n) is 30.2. The van der Waals surface area contributed by atoms with Crippen molar-refractivity contribution in [2.24, 2.45) is 0 Å². The first kappa shape index (κ1) is 64.9. The van der Waals surface area contributed by atoms with Crippen LogP contribution in [-0.4, -0.2) is 12.6 Å². The van der Waals surface area contributed by atoms with Crippen molar-refractivity contribution in [1.29, 1.82) is 0 Å². The largest absolute Gasteiger partial charge is 0.465 e. The van der Waals surface area contributed by atoms with Crippen LogP contribution in [-0.2, 0) is 6.54 Å². The summed E-state index contributed by atoms with van der Waals surface area (Å²) >= 11 is 0. The first-order valence-electron chi connectivity index (χ1n) is 39.2. The first-order chi connectivity index (χ1) is 56.5. The first-order valence-corrected chi connectivity index (χ1v) is 39.2. The van der Waals surface area contributed by atoms with E-state index in [-0.39, 0.29) is 6.04 Å². The van der Waals surface area contributed by atoms with Crippen LogP contribution in [0.3, 0.4) is 0 Å². The van der Waals surface area contributed by atoms with E-state index in [0.717, 1.165) is 138 Å². The molecular weight excluding hydrogens is 1390 g/mol. The molecule has 1 unspecified atom stereocenters. The van der Waals surface area contributed by atoms with Gasteiger partial charge in [0.15, 0.2) is 5.58 Å². The van der Waals surface area contributed by atoms with E-state index < -0.39 is 0 Å². The van der Waals surface area contributed by atoms with Crippen LogP contribution in [0.1, 0.15) is 27.8 Å². The third-order valence-corrected chi connectivity index (χ3v) is 24.1. The Balaban J connectivity index is 0.845. The summed E-state index contributed by atoms with van der Waals surface area (Å²) in [4.78, 5) is 12.0. The van der Waals surface area contributed by atoms with E-state index in [0.29, 0.717) is 29.9 Å². The molecule has 0 amide bonds. The van der Waals surface area contributed by atoms with Crippen molar-refractivity contribution in [3.05, 3.63) is 421 Å². The summed E-state index contributed by atoms with van der Waals surface area (Å²) in [5.41, 5.74) is 25.3. The molecule has 4 heterocycles. The van der Waals surface area contributed by atoms with E-state index in [9.17, 15) is 6.57 Å². The van der Waals surface area contributed by atoms with Gasteiger partial charge < -0.3 is 23.5 Å². The molecule has 23 rings (SSSR count). The normalized spacial score (nSPS) is 14.0. The van der Waals surface area contributed by atoms with Crippen LogP contribution >= 0.6 is 0 Å². The highest BCUT2D eigenvalue weighted by molar-refractivity contribution is 6.38. The minimum absolute atomic E-state index is 0.192. The van der Waals surface area contributed by atoms with Gasteiger partial charge in [0.1, 0.15) is 16.7 Å². The molecule has 0 bridgehead atoms. The van der Waals surface area contributed by atoms with Gasteiger partial charge in [0, 0.05) is 90.6 Å². The monoisotopic (exact) mass is 1450 g/mol. The number of furan rings is 2. The maximum atomic E-state index is 9.40. The number of hydrogen-bond acceptors (Lipinski definition) is 5. The van der Waals surface area contributed by atoms with Gasteiger partial charge in [0.2, 0.25) is 5.69 Å². The van der Waals surface area contributed by atoms with E-state index in [4.69, 9.17) is 8.83 Å². The number of nitrogens with zero attached hydrogens (tertiary/aromatic N) is 4. The molecule has 0 spiro atoms. The fourth-order valence-corrected chi connectivity index (χ4v) is 19.0. The quantitative estimate of drug-likeness (QED) is 0.0953. The summed E-state index contributed by atoms with van der Waals surface area (Å²) in [6.07, 6.45) is 11.5. The zero-order valence-electron chi connectivity index (χ0n) is 62.0. The highest BCUT2D eigenvalue weighted by Gasteiger charge is 2.36. The third kappa shape index (κ3) is 10.2. The lowest BCUT2D eigenvalue weighted by molar-refractivity contribution is 0.668. The fourth-order valence-electron chi connectivity index (χ4n) is 19.0.